The van der Waals surface area contributed by atoms with Gasteiger partial charge in [0.05, 0.1) is 4.21 Å². The molecule has 1 saturated carbocycles. The Morgan fingerprint density at radius 2 is 1.92 bits per heavy atom. The summed E-state index contributed by atoms with van der Waals surface area (Å²) >= 11 is 3.67. The van der Waals surface area contributed by atoms with Crippen LogP contribution in [0.25, 0.3) is 0 Å². The summed E-state index contributed by atoms with van der Waals surface area (Å²) in [5.74, 6) is 1.78. The van der Waals surface area contributed by atoms with E-state index in [0.29, 0.717) is 5.92 Å². The maximum atomic E-state index is 12.3. The molecule has 1 aromatic heterocycles. The number of thiophene rings is 1. The molecule has 0 spiro atoms. The van der Waals surface area contributed by atoms with E-state index in [1.54, 1.807) is 11.3 Å². The summed E-state index contributed by atoms with van der Waals surface area (Å²) in [6.07, 6.45) is 4.85. The lowest BCUT2D eigenvalue weighted by Crippen LogP contribution is -2.45. The molecule has 1 aliphatic heterocycles. The van der Waals surface area contributed by atoms with Gasteiger partial charge in [-0.05, 0) is 55.4 Å². The number of hydrogen-bond acceptors (Lipinski definition) is 4. The summed E-state index contributed by atoms with van der Waals surface area (Å²) in [6.45, 7) is 1.06. The van der Waals surface area contributed by atoms with E-state index in [2.05, 4.69) is 54.7 Å². The van der Waals surface area contributed by atoms with Crippen molar-refractivity contribution >= 4 is 23.1 Å². The van der Waals surface area contributed by atoms with Gasteiger partial charge in [-0.2, -0.15) is 0 Å². The minimum absolute atomic E-state index is 0.289. The Morgan fingerprint density at radius 3 is 2.76 bits per heavy atom. The second-order valence-electron chi connectivity index (χ2n) is 7.75. The zero-order chi connectivity index (χ0) is 17.4. The molecule has 25 heavy (non-hydrogen) atoms. The van der Waals surface area contributed by atoms with Crippen molar-refractivity contribution in [2.45, 2.75) is 41.2 Å². The molecule has 1 aromatic carbocycles. The molecule has 4 heteroatoms. The molecule has 0 bridgehead atoms. The maximum Gasteiger partial charge on any atom is 0.120 e. The van der Waals surface area contributed by atoms with E-state index in [-0.39, 0.29) is 5.92 Å². The third-order valence-electron chi connectivity index (χ3n) is 5.87. The Kier molecular flexibility index (Phi) is 4.98. The molecule has 1 N–H and O–H groups in total. The number of aliphatic hydroxyl groups is 1. The lowest BCUT2D eigenvalue weighted by Gasteiger charge is -2.45. The highest BCUT2D eigenvalue weighted by atomic mass is 32.2. The van der Waals surface area contributed by atoms with Gasteiger partial charge in [-0.1, -0.05) is 37.1 Å². The summed E-state index contributed by atoms with van der Waals surface area (Å²) in [5, 5.41) is 14.5. The van der Waals surface area contributed by atoms with Crippen molar-refractivity contribution in [1.29, 1.82) is 0 Å². The third kappa shape index (κ3) is 3.08. The van der Waals surface area contributed by atoms with Gasteiger partial charge < -0.3 is 10.0 Å². The summed E-state index contributed by atoms with van der Waals surface area (Å²) in [4.78, 5) is 2.29. The largest absolute Gasteiger partial charge is 0.380 e. The first-order valence-electron chi connectivity index (χ1n) is 9.27. The van der Waals surface area contributed by atoms with Gasteiger partial charge in [-0.25, -0.2) is 0 Å². The number of hydrogen-bond donors (Lipinski definition) is 1. The first-order chi connectivity index (χ1) is 12.1. The highest BCUT2D eigenvalue weighted by Crippen LogP contribution is 2.53. The molecule has 3 atom stereocenters. The van der Waals surface area contributed by atoms with Gasteiger partial charge in [-0.3, -0.25) is 0 Å². The molecule has 4 rings (SSSR count). The smallest absolute Gasteiger partial charge is 0.120 e. The molecule has 0 radical (unpaired) electrons. The summed E-state index contributed by atoms with van der Waals surface area (Å²) < 4.78 is 1.30. The van der Waals surface area contributed by atoms with E-state index >= 15 is 0 Å². The second-order valence-corrected chi connectivity index (χ2v) is 9.91. The van der Waals surface area contributed by atoms with Gasteiger partial charge in [0.15, 0.2) is 0 Å². The van der Waals surface area contributed by atoms with Crippen molar-refractivity contribution in [3.63, 3.8) is 0 Å². The van der Waals surface area contributed by atoms with Crippen LogP contribution in [0.5, 0.6) is 0 Å². The van der Waals surface area contributed by atoms with Crippen LogP contribution in [0.3, 0.4) is 0 Å². The van der Waals surface area contributed by atoms with E-state index in [1.165, 1.54) is 29.0 Å². The summed E-state index contributed by atoms with van der Waals surface area (Å²) in [6, 6.07) is 10.8. The molecule has 0 saturated heterocycles. The van der Waals surface area contributed by atoms with Crippen molar-refractivity contribution in [3.8, 4) is 0 Å². The summed E-state index contributed by atoms with van der Waals surface area (Å²) in [7, 11) is 4.31. The monoisotopic (exact) mass is 373 g/mol. The Bertz CT molecular complexity index is 741. The third-order valence-corrected chi connectivity index (χ3v) is 8.16. The van der Waals surface area contributed by atoms with Crippen molar-refractivity contribution < 1.29 is 5.11 Å². The molecule has 2 nitrogen and oxygen atoms in total. The van der Waals surface area contributed by atoms with Crippen molar-refractivity contribution in [1.82, 2.24) is 4.90 Å². The molecular formula is C21H27NOS2. The van der Waals surface area contributed by atoms with Gasteiger partial charge in [0.2, 0.25) is 0 Å². The summed E-state index contributed by atoms with van der Waals surface area (Å²) in [5.41, 5.74) is 2.75. The highest BCUT2D eigenvalue weighted by molar-refractivity contribution is 8.00. The topological polar surface area (TPSA) is 23.5 Å². The molecule has 134 valence electrons. The fourth-order valence-electron chi connectivity index (χ4n) is 4.84. The average Bonchev–Trinajstić information content (AvgIpc) is 3.04. The molecule has 2 aromatic rings. The number of rotatable bonds is 3. The number of thioether (sulfide) groups is 1. The van der Waals surface area contributed by atoms with E-state index in [4.69, 9.17) is 0 Å². The van der Waals surface area contributed by atoms with E-state index in [0.717, 1.165) is 29.8 Å². The molecule has 0 unspecified atom stereocenters. The van der Waals surface area contributed by atoms with Crippen LogP contribution < -0.4 is 0 Å². The number of fused-ring (bicyclic) bond motifs is 2. The van der Waals surface area contributed by atoms with Crippen LogP contribution in [0.2, 0.25) is 0 Å². The first kappa shape index (κ1) is 17.6. The Balaban J connectivity index is 1.86. The second kappa shape index (κ2) is 7.07. The van der Waals surface area contributed by atoms with Gasteiger partial charge in [0.1, 0.15) is 5.60 Å². The zero-order valence-corrected chi connectivity index (χ0v) is 16.7. The van der Waals surface area contributed by atoms with Crippen molar-refractivity contribution in [3.05, 3.63) is 52.4 Å². The van der Waals surface area contributed by atoms with Crippen LogP contribution in [-0.2, 0) is 11.4 Å². The molecule has 1 aliphatic carbocycles. The van der Waals surface area contributed by atoms with E-state index in [1.807, 2.05) is 11.8 Å². The SMILES string of the molecule is CN(C)C[C@@H]1CCCC[C@H]1[C@@]1(O)c2ccccc2CSc2sccc21. The van der Waals surface area contributed by atoms with Crippen LogP contribution in [0.15, 0.2) is 39.9 Å². The van der Waals surface area contributed by atoms with Crippen molar-refractivity contribution in [2.24, 2.45) is 11.8 Å². The normalized spacial score (nSPS) is 29.1. The first-order valence-corrected chi connectivity index (χ1v) is 11.1. The van der Waals surface area contributed by atoms with E-state index < -0.39 is 5.60 Å². The average molecular weight is 374 g/mol. The maximum absolute atomic E-state index is 12.3. The highest BCUT2D eigenvalue weighted by Gasteiger charge is 2.48. The Hall–Kier alpha value is -0.810. The van der Waals surface area contributed by atoms with Gasteiger partial charge in [0, 0.05) is 23.8 Å². The quantitative estimate of drug-likeness (QED) is 0.823. The fraction of sp³-hybridized carbons (Fsp3) is 0.524. The van der Waals surface area contributed by atoms with Crippen LogP contribution >= 0.6 is 23.1 Å². The molecule has 1 fully saturated rings. The van der Waals surface area contributed by atoms with Crippen LogP contribution in [0, 0.1) is 11.8 Å². The standard InChI is InChI=1S/C21H27NOS2/c1-22(2)13-15-7-3-5-9-17(15)21(23)18-10-6-4-8-16(18)14-25-20-19(21)11-12-24-20/h4,6,8,10-12,15,17,23H,3,5,7,9,13-14H2,1-2H3/t15-,17+,21+/m0/s1. The van der Waals surface area contributed by atoms with Crippen LogP contribution in [0.4, 0.5) is 0 Å². The zero-order valence-electron chi connectivity index (χ0n) is 15.1. The number of nitrogens with zero attached hydrogens (tertiary/aromatic N) is 1. The molecule has 2 aliphatic rings. The Labute approximate surface area is 159 Å². The Morgan fingerprint density at radius 1 is 1.12 bits per heavy atom. The van der Waals surface area contributed by atoms with Gasteiger partial charge >= 0.3 is 0 Å². The van der Waals surface area contributed by atoms with E-state index in [9.17, 15) is 5.11 Å². The number of benzene rings is 1. The molecular weight excluding hydrogens is 346 g/mol. The minimum Gasteiger partial charge on any atom is -0.380 e. The lowest BCUT2D eigenvalue weighted by molar-refractivity contribution is -0.0359. The van der Waals surface area contributed by atoms with Gasteiger partial charge in [0.25, 0.3) is 0 Å². The minimum atomic E-state index is -0.851. The molecule has 2 heterocycles. The fourth-order valence-corrected chi connectivity index (χ4v) is 7.05. The lowest BCUT2D eigenvalue weighted by atomic mass is 9.64. The predicted octanol–water partition coefficient (Wildman–Crippen LogP) is 4.96. The van der Waals surface area contributed by atoms with Crippen molar-refractivity contribution in [2.75, 3.05) is 20.6 Å². The molecule has 0 amide bonds. The van der Waals surface area contributed by atoms with Gasteiger partial charge in [-0.15, -0.1) is 23.1 Å². The van der Waals surface area contributed by atoms with Crippen LogP contribution in [-0.4, -0.2) is 30.6 Å². The van der Waals surface area contributed by atoms with Crippen LogP contribution in [0.1, 0.15) is 42.4 Å². The predicted molar refractivity (Wildman–Crippen MR) is 107 cm³/mol.